The van der Waals surface area contributed by atoms with Crippen LogP contribution in [0.4, 0.5) is 0 Å². The van der Waals surface area contributed by atoms with Gasteiger partial charge in [0.1, 0.15) is 0 Å². The third-order valence-corrected chi connectivity index (χ3v) is 9.95. The van der Waals surface area contributed by atoms with Crippen molar-refractivity contribution in [3.8, 4) is 0 Å². The van der Waals surface area contributed by atoms with Crippen LogP contribution in [0.3, 0.4) is 0 Å². The molecule has 0 fully saturated rings. The molecular formula is C63H146. The van der Waals surface area contributed by atoms with Crippen molar-refractivity contribution in [2.45, 2.75) is 415 Å². The summed E-state index contributed by atoms with van der Waals surface area (Å²) in [5.74, 6) is 0. The minimum absolute atomic E-state index is 1.25. The zero-order valence-corrected chi connectivity index (χ0v) is 50.4. The molecule has 0 unspecified atom stereocenters. The number of rotatable bonds is 33. The zero-order valence-electron chi connectivity index (χ0n) is 50.4. The fourth-order valence-corrected chi connectivity index (χ4v) is 5.47. The highest BCUT2D eigenvalue weighted by atomic mass is 13.9. The quantitative estimate of drug-likeness (QED) is 0.0576. The maximum absolute atomic E-state index is 2.27. The lowest BCUT2D eigenvalue weighted by Crippen LogP contribution is -1.77. The second kappa shape index (κ2) is 125. The lowest BCUT2D eigenvalue weighted by Gasteiger charge is -1.97. The fraction of sp³-hybridized carbons (Fsp3) is 1.00. The van der Waals surface area contributed by atoms with E-state index in [-0.39, 0.29) is 0 Å². The van der Waals surface area contributed by atoms with Crippen molar-refractivity contribution in [3.63, 3.8) is 0 Å². The molecule has 0 aliphatic rings. The van der Waals surface area contributed by atoms with E-state index >= 15 is 0 Å². The zero-order chi connectivity index (χ0) is 50.4. The van der Waals surface area contributed by atoms with Crippen LogP contribution in [0.15, 0.2) is 0 Å². The van der Waals surface area contributed by atoms with Crippen molar-refractivity contribution in [3.05, 3.63) is 0 Å². The Morgan fingerprint density at radius 1 is 0.0952 bits per heavy atom. The molecule has 0 aromatic heterocycles. The summed E-state index contributed by atoms with van der Waals surface area (Å²) >= 11 is 0. The van der Waals surface area contributed by atoms with Gasteiger partial charge in [0, 0.05) is 0 Å². The average molecular weight is 904 g/mol. The van der Waals surface area contributed by atoms with E-state index in [1.54, 1.807) is 0 Å². The molecule has 0 atom stereocenters. The Bertz CT molecular complexity index is 415. The van der Waals surface area contributed by atoms with Crippen LogP contribution >= 0.6 is 0 Å². The Hall–Kier alpha value is 0. The molecule has 0 heterocycles. The molecule has 0 aliphatic carbocycles. The minimum atomic E-state index is 1.25. The van der Waals surface area contributed by atoms with Gasteiger partial charge in [-0.05, 0) is 0 Å². The average Bonchev–Trinajstić information content (AvgIpc) is 3.29. The van der Waals surface area contributed by atoms with Gasteiger partial charge in [0.2, 0.25) is 0 Å². The lowest BCUT2D eigenvalue weighted by molar-refractivity contribution is 0.585. The highest BCUT2D eigenvalue weighted by molar-refractivity contribution is 4.44. The van der Waals surface area contributed by atoms with Crippen LogP contribution in [0.25, 0.3) is 0 Å². The summed E-state index contributed by atoms with van der Waals surface area (Å²) in [4.78, 5) is 0. The largest absolute Gasteiger partial charge is 0.0656 e. The predicted octanol–water partition coefficient (Wildman–Crippen LogP) is 27.0. The van der Waals surface area contributed by atoms with E-state index < -0.39 is 0 Å². The Morgan fingerprint density at radius 3 is 0.254 bits per heavy atom. The molecule has 0 bridgehead atoms. The standard InChI is InChI=1S/C10H22.C9H20.2C8H18.C7H16.C6H14.C5H12.C4H10.2C3H8/c1-3-5-7-9-10-8-6-4-2;1-3-5-7-9-8-6-4-2;2*1-3-5-7-8-6-4-2;1-3-5-7-6-4-2;1-3-5-6-4-2;1-3-5-4-2;1-3-4-2;2*1-3-2/h3-10H2,1-2H3;3-9H2,1-2H3;2*3-8H2,1-2H3;3-7H2,1-2H3;3-6H2,1-2H3;3-5H2,1-2H3;3-4H2,1-2H3;2*3H2,1-2H3. The van der Waals surface area contributed by atoms with E-state index in [0.717, 1.165) is 0 Å². The Kier molecular flexibility index (Phi) is 171. The van der Waals surface area contributed by atoms with Gasteiger partial charge in [-0.3, -0.25) is 0 Å². The molecule has 0 N–H and O–H groups in total. The third-order valence-electron chi connectivity index (χ3n) is 9.95. The van der Waals surface area contributed by atoms with E-state index in [1.807, 2.05) is 0 Å². The molecule has 0 radical (unpaired) electrons. The summed E-state index contributed by atoms with van der Waals surface area (Å²) in [6, 6.07) is 0. The predicted molar refractivity (Wildman–Crippen MR) is 312 cm³/mol. The van der Waals surface area contributed by atoms with Gasteiger partial charge in [0.15, 0.2) is 0 Å². The summed E-state index contributed by atoms with van der Waals surface area (Å²) in [6.45, 7) is 44.3. The van der Waals surface area contributed by atoms with Crippen LogP contribution in [0.2, 0.25) is 0 Å². The summed E-state index contributed by atoms with van der Waals surface area (Å²) in [6.07, 6.45) is 60.2. The Morgan fingerprint density at radius 2 is 0.175 bits per heavy atom. The van der Waals surface area contributed by atoms with Crippen molar-refractivity contribution in [2.75, 3.05) is 0 Å². The van der Waals surface area contributed by atoms with Crippen LogP contribution in [0.1, 0.15) is 415 Å². The van der Waals surface area contributed by atoms with Crippen LogP contribution in [-0.2, 0) is 0 Å². The molecule has 0 saturated carbocycles. The smallest absolute Gasteiger partial charge is 0.0533 e. The first-order valence-electron chi connectivity index (χ1n) is 30.6. The first-order valence-corrected chi connectivity index (χ1v) is 30.6. The summed E-state index contributed by atoms with van der Waals surface area (Å²) in [7, 11) is 0. The maximum atomic E-state index is 2.27. The van der Waals surface area contributed by atoms with Gasteiger partial charge in [0.25, 0.3) is 0 Å². The molecule has 0 aromatic carbocycles. The monoisotopic (exact) mass is 903 g/mol. The van der Waals surface area contributed by atoms with E-state index in [4.69, 9.17) is 0 Å². The van der Waals surface area contributed by atoms with Crippen LogP contribution < -0.4 is 0 Å². The number of unbranched alkanes of at least 4 members (excludes halogenated alkanes) is 33. The topological polar surface area (TPSA) is 0 Å². The van der Waals surface area contributed by atoms with Gasteiger partial charge in [-0.25, -0.2) is 0 Å². The minimum Gasteiger partial charge on any atom is -0.0656 e. The maximum Gasteiger partial charge on any atom is -0.0533 e. The van der Waals surface area contributed by atoms with Gasteiger partial charge in [-0.1, -0.05) is 415 Å². The van der Waals surface area contributed by atoms with Gasteiger partial charge < -0.3 is 0 Å². The summed E-state index contributed by atoms with van der Waals surface area (Å²) < 4.78 is 0. The van der Waals surface area contributed by atoms with Crippen molar-refractivity contribution in [1.29, 1.82) is 0 Å². The van der Waals surface area contributed by atoms with E-state index in [0.29, 0.717) is 0 Å². The molecule has 0 aliphatic heterocycles. The second-order valence-corrected chi connectivity index (χ2v) is 18.3. The van der Waals surface area contributed by atoms with Crippen molar-refractivity contribution < 1.29 is 0 Å². The van der Waals surface area contributed by atoms with E-state index in [2.05, 4.69) is 138 Å². The molecule has 0 aromatic rings. The van der Waals surface area contributed by atoms with Crippen molar-refractivity contribution in [1.82, 2.24) is 0 Å². The van der Waals surface area contributed by atoms with Crippen molar-refractivity contribution >= 4 is 0 Å². The number of hydrogen-bond donors (Lipinski definition) is 0. The van der Waals surface area contributed by atoms with Gasteiger partial charge in [0.05, 0.1) is 0 Å². The Balaban J connectivity index is -0.0000000632. The fourth-order valence-electron chi connectivity index (χ4n) is 5.47. The highest BCUT2D eigenvalue weighted by Gasteiger charge is 1.88. The molecule has 63 heavy (non-hydrogen) atoms. The van der Waals surface area contributed by atoms with Crippen LogP contribution in [-0.4, -0.2) is 0 Å². The Labute approximate surface area is 412 Å². The van der Waals surface area contributed by atoms with E-state index in [9.17, 15) is 0 Å². The molecule has 398 valence electrons. The molecule has 0 nitrogen and oxygen atoms in total. The molecular weight excluding hydrogens is 757 g/mol. The summed E-state index contributed by atoms with van der Waals surface area (Å²) in [5, 5.41) is 0. The third kappa shape index (κ3) is 205. The highest BCUT2D eigenvalue weighted by Crippen LogP contribution is 2.08. The van der Waals surface area contributed by atoms with Gasteiger partial charge in [-0.15, -0.1) is 0 Å². The van der Waals surface area contributed by atoms with Crippen LogP contribution in [0.5, 0.6) is 0 Å². The SMILES string of the molecule is CCC.CCC.CCCC.CCCCC.CCCCCC.CCCCCCC.CCCCCCCC.CCCCCCCC.CCCCCCCCC.CCCCCCCCCC. The van der Waals surface area contributed by atoms with E-state index in [1.165, 1.54) is 276 Å². The normalized spacial score (nSPS) is 9.14. The lowest BCUT2D eigenvalue weighted by atomic mass is 10.1. The molecule has 0 amide bonds. The molecule has 0 saturated heterocycles. The first kappa shape index (κ1) is 86.2. The first-order chi connectivity index (χ1) is 30.6. The molecule has 0 spiro atoms. The van der Waals surface area contributed by atoms with Crippen LogP contribution in [0, 0.1) is 0 Å². The summed E-state index contributed by atoms with van der Waals surface area (Å²) in [5.41, 5.74) is 0. The molecule has 0 rings (SSSR count). The van der Waals surface area contributed by atoms with Gasteiger partial charge >= 0.3 is 0 Å². The van der Waals surface area contributed by atoms with Crippen molar-refractivity contribution in [2.24, 2.45) is 0 Å². The molecule has 0 heteroatoms. The second-order valence-electron chi connectivity index (χ2n) is 18.3. The number of hydrogen-bond acceptors (Lipinski definition) is 0. The van der Waals surface area contributed by atoms with Gasteiger partial charge in [-0.2, -0.15) is 0 Å².